The lowest BCUT2D eigenvalue weighted by Gasteiger charge is -2.12. The van der Waals surface area contributed by atoms with Gasteiger partial charge in [-0.2, -0.15) is 0 Å². The minimum absolute atomic E-state index is 0.107. The van der Waals surface area contributed by atoms with Crippen LogP contribution in [0.15, 0.2) is 30.3 Å². The van der Waals surface area contributed by atoms with Gasteiger partial charge in [0, 0.05) is 26.2 Å². The number of carbonyl (C=O) groups is 1. The number of hydrogen-bond acceptors (Lipinski definition) is 3. The molecule has 1 aromatic rings. The van der Waals surface area contributed by atoms with E-state index in [2.05, 4.69) is 24.4 Å². The molecule has 1 heterocycles. The van der Waals surface area contributed by atoms with E-state index in [1.807, 2.05) is 18.2 Å². The zero-order valence-corrected chi connectivity index (χ0v) is 13.4. The smallest absolute Gasteiger partial charge is 0.220 e. The fourth-order valence-electron chi connectivity index (χ4n) is 2.64. The standard InChI is InChI=1S/C18H27NO3/c1-15(16-7-3-2-4-8-16)13-18(20)19-10-6-11-21-14-17-9-5-12-22-17/h2-4,7-8,15,17H,5-6,9-14H2,1H3,(H,19,20). The van der Waals surface area contributed by atoms with Crippen LogP contribution in [0.3, 0.4) is 0 Å². The molecule has 0 spiro atoms. The van der Waals surface area contributed by atoms with Crippen LogP contribution < -0.4 is 5.32 Å². The third-order valence-electron chi connectivity index (χ3n) is 3.98. The van der Waals surface area contributed by atoms with Crippen LogP contribution in [0.2, 0.25) is 0 Å². The predicted molar refractivity (Wildman–Crippen MR) is 86.9 cm³/mol. The van der Waals surface area contributed by atoms with E-state index in [0.717, 1.165) is 25.9 Å². The molecule has 1 saturated heterocycles. The molecule has 1 aliphatic rings. The molecule has 2 rings (SSSR count). The van der Waals surface area contributed by atoms with Crippen LogP contribution in [0.5, 0.6) is 0 Å². The average molecular weight is 305 g/mol. The highest BCUT2D eigenvalue weighted by Gasteiger charge is 2.15. The Morgan fingerprint density at radius 2 is 2.23 bits per heavy atom. The van der Waals surface area contributed by atoms with E-state index in [-0.39, 0.29) is 17.9 Å². The summed E-state index contributed by atoms with van der Waals surface area (Å²) in [5, 5.41) is 2.96. The second kappa shape index (κ2) is 9.59. The molecule has 2 atom stereocenters. The van der Waals surface area contributed by atoms with Crippen molar-refractivity contribution in [1.29, 1.82) is 0 Å². The lowest BCUT2D eigenvalue weighted by atomic mass is 9.98. The summed E-state index contributed by atoms with van der Waals surface area (Å²) in [4.78, 5) is 11.9. The normalized spacial score (nSPS) is 19.0. The van der Waals surface area contributed by atoms with Gasteiger partial charge in [-0.15, -0.1) is 0 Å². The zero-order chi connectivity index (χ0) is 15.6. The second-order valence-electron chi connectivity index (χ2n) is 5.93. The van der Waals surface area contributed by atoms with E-state index in [9.17, 15) is 4.79 Å². The third kappa shape index (κ3) is 6.16. The Morgan fingerprint density at radius 1 is 1.41 bits per heavy atom. The molecule has 2 unspecified atom stereocenters. The molecule has 0 radical (unpaired) electrons. The van der Waals surface area contributed by atoms with Gasteiger partial charge in [-0.1, -0.05) is 37.3 Å². The molecular formula is C18H27NO3. The minimum Gasteiger partial charge on any atom is -0.379 e. The molecule has 0 bridgehead atoms. The Labute approximate surface area is 133 Å². The van der Waals surface area contributed by atoms with Crippen LogP contribution in [0.4, 0.5) is 0 Å². The topological polar surface area (TPSA) is 47.6 Å². The van der Waals surface area contributed by atoms with E-state index in [4.69, 9.17) is 9.47 Å². The lowest BCUT2D eigenvalue weighted by Crippen LogP contribution is -2.26. The molecule has 1 fully saturated rings. The zero-order valence-electron chi connectivity index (χ0n) is 13.4. The lowest BCUT2D eigenvalue weighted by molar-refractivity contribution is -0.121. The molecule has 1 amide bonds. The Morgan fingerprint density at radius 3 is 2.95 bits per heavy atom. The van der Waals surface area contributed by atoms with Gasteiger partial charge in [-0.05, 0) is 30.7 Å². The van der Waals surface area contributed by atoms with Gasteiger partial charge < -0.3 is 14.8 Å². The van der Waals surface area contributed by atoms with Gasteiger partial charge in [0.15, 0.2) is 0 Å². The summed E-state index contributed by atoms with van der Waals surface area (Å²) in [7, 11) is 0. The predicted octanol–water partition coefficient (Wildman–Crippen LogP) is 2.88. The van der Waals surface area contributed by atoms with Gasteiger partial charge in [0.2, 0.25) is 5.91 Å². The van der Waals surface area contributed by atoms with Crippen LogP contribution >= 0.6 is 0 Å². The van der Waals surface area contributed by atoms with Crippen molar-refractivity contribution >= 4 is 5.91 Å². The molecule has 22 heavy (non-hydrogen) atoms. The average Bonchev–Trinajstić information content (AvgIpc) is 3.05. The third-order valence-corrected chi connectivity index (χ3v) is 3.98. The number of nitrogens with one attached hydrogen (secondary N) is 1. The van der Waals surface area contributed by atoms with Crippen molar-refractivity contribution in [2.24, 2.45) is 0 Å². The minimum atomic E-state index is 0.107. The summed E-state index contributed by atoms with van der Waals surface area (Å²) >= 11 is 0. The maximum atomic E-state index is 11.9. The monoisotopic (exact) mass is 305 g/mol. The first-order chi connectivity index (χ1) is 10.8. The largest absolute Gasteiger partial charge is 0.379 e. The highest BCUT2D eigenvalue weighted by molar-refractivity contribution is 5.76. The number of benzene rings is 1. The van der Waals surface area contributed by atoms with Crippen molar-refractivity contribution in [3.63, 3.8) is 0 Å². The van der Waals surface area contributed by atoms with Gasteiger partial charge >= 0.3 is 0 Å². The molecule has 4 nitrogen and oxygen atoms in total. The Bertz CT molecular complexity index is 429. The molecule has 0 aliphatic carbocycles. The van der Waals surface area contributed by atoms with Crippen LogP contribution in [-0.4, -0.2) is 38.4 Å². The van der Waals surface area contributed by atoms with E-state index in [0.29, 0.717) is 26.2 Å². The van der Waals surface area contributed by atoms with Crippen LogP contribution in [0.25, 0.3) is 0 Å². The summed E-state index contributed by atoms with van der Waals surface area (Å²) in [6, 6.07) is 10.1. The number of rotatable bonds is 9. The number of ether oxygens (including phenoxy) is 2. The van der Waals surface area contributed by atoms with Gasteiger partial charge in [-0.25, -0.2) is 0 Å². The Hall–Kier alpha value is -1.39. The van der Waals surface area contributed by atoms with Gasteiger partial charge in [0.1, 0.15) is 0 Å². The summed E-state index contributed by atoms with van der Waals surface area (Å²) in [6.07, 6.45) is 3.90. The molecule has 1 aliphatic heterocycles. The molecule has 1 N–H and O–H groups in total. The van der Waals surface area contributed by atoms with Crippen molar-refractivity contribution in [3.05, 3.63) is 35.9 Å². The fraction of sp³-hybridized carbons (Fsp3) is 0.611. The number of hydrogen-bond donors (Lipinski definition) is 1. The van der Waals surface area contributed by atoms with E-state index >= 15 is 0 Å². The summed E-state index contributed by atoms with van der Waals surface area (Å²) in [5.74, 6) is 0.354. The van der Waals surface area contributed by atoms with Crippen LogP contribution in [0.1, 0.15) is 44.1 Å². The van der Waals surface area contributed by atoms with Gasteiger partial charge in [0.05, 0.1) is 12.7 Å². The quantitative estimate of drug-likeness (QED) is 0.714. The van der Waals surface area contributed by atoms with Gasteiger partial charge in [0.25, 0.3) is 0 Å². The van der Waals surface area contributed by atoms with E-state index < -0.39 is 0 Å². The highest BCUT2D eigenvalue weighted by atomic mass is 16.5. The molecule has 1 aromatic carbocycles. The van der Waals surface area contributed by atoms with Crippen LogP contribution in [0, 0.1) is 0 Å². The molecule has 0 saturated carbocycles. The maximum Gasteiger partial charge on any atom is 0.220 e. The molecule has 122 valence electrons. The summed E-state index contributed by atoms with van der Waals surface area (Å²) < 4.78 is 11.1. The Kier molecular flexibility index (Phi) is 7.40. The Balaban J connectivity index is 1.50. The van der Waals surface area contributed by atoms with Crippen molar-refractivity contribution in [2.45, 2.75) is 44.6 Å². The van der Waals surface area contributed by atoms with Crippen LogP contribution in [-0.2, 0) is 14.3 Å². The van der Waals surface area contributed by atoms with Crippen molar-refractivity contribution in [2.75, 3.05) is 26.4 Å². The fourth-order valence-corrected chi connectivity index (χ4v) is 2.64. The van der Waals surface area contributed by atoms with Crippen molar-refractivity contribution in [3.8, 4) is 0 Å². The summed E-state index contributed by atoms with van der Waals surface area (Å²) in [5.41, 5.74) is 1.21. The highest BCUT2D eigenvalue weighted by Crippen LogP contribution is 2.18. The molecule has 0 aromatic heterocycles. The second-order valence-corrected chi connectivity index (χ2v) is 5.93. The SMILES string of the molecule is CC(CC(=O)NCCCOCC1CCCO1)c1ccccc1. The molecule has 4 heteroatoms. The van der Waals surface area contributed by atoms with Crippen molar-refractivity contribution < 1.29 is 14.3 Å². The van der Waals surface area contributed by atoms with E-state index in [1.165, 1.54) is 5.56 Å². The first kappa shape index (κ1) is 17.0. The van der Waals surface area contributed by atoms with Crippen molar-refractivity contribution in [1.82, 2.24) is 5.32 Å². The van der Waals surface area contributed by atoms with Gasteiger partial charge in [-0.3, -0.25) is 4.79 Å². The van der Waals surface area contributed by atoms with E-state index in [1.54, 1.807) is 0 Å². The maximum absolute atomic E-state index is 11.9. The first-order valence-corrected chi connectivity index (χ1v) is 8.26. The summed E-state index contributed by atoms with van der Waals surface area (Å²) in [6.45, 7) is 4.97. The number of amides is 1. The first-order valence-electron chi connectivity index (χ1n) is 8.26. The number of carbonyl (C=O) groups excluding carboxylic acids is 1. The molecular weight excluding hydrogens is 278 g/mol.